The highest BCUT2D eigenvalue weighted by molar-refractivity contribution is 7.89. The molecule has 2 N–H and O–H groups in total. The maximum Gasteiger partial charge on any atom is 0.411 e. The van der Waals surface area contributed by atoms with E-state index in [4.69, 9.17) is 14.3 Å². The number of alkyl carbamates (subject to hydrolysis) is 1. The number of hydroxylamine groups is 1. The van der Waals surface area contributed by atoms with Gasteiger partial charge in [-0.15, -0.1) is 0 Å². The molecule has 0 aromatic heterocycles. The Morgan fingerprint density at radius 1 is 1.00 bits per heavy atom. The SMILES string of the molecule is CC(C)(C)ONC(=O)[C@H]1CN(S(=O)(=O)CCNC(=O)OCc2ccccc2)CCN1C(=O)OC(C)(C)C. The van der Waals surface area contributed by atoms with Gasteiger partial charge < -0.3 is 14.8 Å². The Kier molecular flexibility index (Phi) is 10.3. The molecule has 13 heteroatoms. The largest absolute Gasteiger partial charge is 0.445 e. The first-order valence-corrected chi connectivity index (χ1v) is 13.6. The molecule has 1 fully saturated rings. The van der Waals surface area contributed by atoms with Crippen molar-refractivity contribution in [3.8, 4) is 0 Å². The molecule has 3 amide bonds. The molecule has 0 radical (unpaired) electrons. The molecule has 1 aliphatic rings. The average Bonchev–Trinajstić information content (AvgIpc) is 2.79. The molecule has 37 heavy (non-hydrogen) atoms. The lowest BCUT2D eigenvalue weighted by Crippen LogP contribution is -2.62. The summed E-state index contributed by atoms with van der Waals surface area (Å²) in [6.07, 6.45) is -1.48. The summed E-state index contributed by atoms with van der Waals surface area (Å²) in [4.78, 5) is 44.1. The zero-order chi connectivity index (χ0) is 27.9. The molecule has 1 saturated heterocycles. The summed E-state index contributed by atoms with van der Waals surface area (Å²) >= 11 is 0. The number of hydrogen-bond donors (Lipinski definition) is 2. The first kappa shape index (κ1) is 30.3. The second-order valence-corrected chi connectivity index (χ2v) is 12.6. The molecule has 1 aliphatic heterocycles. The van der Waals surface area contributed by atoms with Gasteiger partial charge in [-0.25, -0.2) is 23.5 Å². The van der Waals surface area contributed by atoms with Crippen LogP contribution in [0.4, 0.5) is 9.59 Å². The minimum atomic E-state index is -3.88. The van der Waals surface area contributed by atoms with Gasteiger partial charge in [0.25, 0.3) is 5.91 Å². The molecule has 2 rings (SSSR count). The van der Waals surface area contributed by atoms with Crippen LogP contribution in [-0.2, 0) is 35.7 Å². The summed E-state index contributed by atoms with van der Waals surface area (Å²) in [5.74, 6) is -1.09. The van der Waals surface area contributed by atoms with E-state index in [1.165, 1.54) is 4.90 Å². The quantitative estimate of drug-likeness (QED) is 0.475. The van der Waals surface area contributed by atoms with E-state index in [9.17, 15) is 22.8 Å². The number of piperazine rings is 1. The van der Waals surface area contributed by atoms with Crippen LogP contribution < -0.4 is 10.8 Å². The van der Waals surface area contributed by atoms with Crippen LogP contribution in [0.25, 0.3) is 0 Å². The van der Waals surface area contributed by atoms with Gasteiger partial charge in [0.15, 0.2) is 0 Å². The summed E-state index contributed by atoms with van der Waals surface area (Å²) < 4.78 is 37.6. The lowest BCUT2D eigenvalue weighted by molar-refractivity contribution is -0.152. The Hall–Kier alpha value is -2.90. The highest BCUT2D eigenvalue weighted by Gasteiger charge is 2.41. The third-order valence-corrected chi connectivity index (χ3v) is 6.81. The number of nitrogens with one attached hydrogen (secondary N) is 2. The smallest absolute Gasteiger partial charge is 0.411 e. The van der Waals surface area contributed by atoms with Gasteiger partial charge in [0.1, 0.15) is 18.2 Å². The molecule has 208 valence electrons. The fraction of sp³-hybridized carbons (Fsp3) is 0.625. The van der Waals surface area contributed by atoms with E-state index in [1.54, 1.807) is 53.7 Å². The van der Waals surface area contributed by atoms with Gasteiger partial charge in [-0.2, -0.15) is 4.31 Å². The summed E-state index contributed by atoms with van der Waals surface area (Å²) in [6.45, 7) is 9.75. The van der Waals surface area contributed by atoms with E-state index >= 15 is 0 Å². The van der Waals surface area contributed by atoms with Crippen molar-refractivity contribution >= 4 is 28.1 Å². The van der Waals surface area contributed by atoms with E-state index in [-0.39, 0.29) is 32.8 Å². The third-order valence-electron chi connectivity index (χ3n) is 4.97. The second-order valence-electron chi connectivity index (χ2n) is 10.5. The Morgan fingerprint density at radius 2 is 1.65 bits per heavy atom. The molecular formula is C24H38N4O8S. The van der Waals surface area contributed by atoms with Gasteiger partial charge in [-0.3, -0.25) is 14.5 Å². The molecule has 1 aromatic carbocycles. The number of hydrogen-bond acceptors (Lipinski definition) is 8. The van der Waals surface area contributed by atoms with Crippen molar-refractivity contribution in [2.75, 3.05) is 31.9 Å². The topological polar surface area (TPSA) is 144 Å². The Balaban J connectivity index is 1.99. The monoisotopic (exact) mass is 542 g/mol. The van der Waals surface area contributed by atoms with Gasteiger partial charge >= 0.3 is 12.2 Å². The number of carbonyl (C=O) groups excluding carboxylic acids is 3. The van der Waals surface area contributed by atoms with E-state index < -0.39 is 51.1 Å². The van der Waals surface area contributed by atoms with E-state index in [0.717, 1.165) is 9.87 Å². The van der Waals surface area contributed by atoms with Gasteiger partial charge in [-0.05, 0) is 47.1 Å². The molecular weight excluding hydrogens is 504 g/mol. The summed E-state index contributed by atoms with van der Waals surface area (Å²) in [6, 6.07) is 7.89. The summed E-state index contributed by atoms with van der Waals surface area (Å²) in [5.41, 5.74) is 1.61. The highest BCUT2D eigenvalue weighted by Crippen LogP contribution is 2.19. The molecule has 0 aliphatic carbocycles. The number of sulfonamides is 1. The number of rotatable bonds is 8. The predicted molar refractivity (Wildman–Crippen MR) is 136 cm³/mol. The third kappa shape index (κ3) is 10.5. The molecule has 1 heterocycles. The van der Waals surface area contributed by atoms with Gasteiger partial charge in [0.2, 0.25) is 10.0 Å². The van der Waals surface area contributed by atoms with Crippen molar-refractivity contribution in [3.63, 3.8) is 0 Å². The second kappa shape index (κ2) is 12.6. The minimum Gasteiger partial charge on any atom is -0.445 e. The van der Waals surface area contributed by atoms with Crippen molar-refractivity contribution in [1.82, 2.24) is 20.0 Å². The van der Waals surface area contributed by atoms with Gasteiger partial charge in [-0.1, -0.05) is 30.3 Å². The maximum absolute atomic E-state index is 13.0. The van der Waals surface area contributed by atoms with Crippen molar-refractivity contribution in [2.45, 2.75) is 65.4 Å². The van der Waals surface area contributed by atoms with Crippen LogP contribution in [-0.4, -0.2) is 84.9 Å². The first-order valence-electron chi connectivity index (χ1n) is 12.0. The summed E-state index contributed by atoms with van der Waals surface area (Å²) in [5, 5.41) is 2.42. The molecule has 1 atom stereocenters. The standard InChI is InChI=1S/C24H38N4O8S/c1-23(2,3)35-22(31)28-14-13-27(16-19(28)20(29)26-36-24(4,5)6)37(32,33)15-12-25-21(30)34-17-18-10-8-7-9-11-18/h7-11,19H,12-17H2,1-6H3,(H,25,30)(H,26,29)/t19-/m1/s1. The maximum atomic E-state index is 13.0. The first-order chi connectivity index (χ1) is 17.1. The zero-order valence-corrected chi connectivity index (χ0v) is 23.1. The summed E-state index contributed by atoms with van der Waals surface area (Å²) in [7, 11) is -3.88. The Labute approximate surface area is 218 Å². The van der Waals surface area contributed by atoms with Crippen LogP contribution in [0.2, 0.25) is 0 Å². The van der Waals surface area contributed by atoms with E-state index in [2.05, 4.69) is 10.8 Å². The zero-order valence-electron chi connectivity index (χ0n) is 22.3. The van der Waals surface area contributed by atoms with Crippen molar-refractivity contribution < 1.29 is 37.1 Å². The van der Waals surface area contributed by atoms with Gasteiger partial charge in [0, 0.05) is 26.2 Å². The Bertz CT molecular complexity index is 1040. The normalized spacial score (nSPS) is 17.1. The lowest BCUT2D eigenvalue weighted by Gasteiger charge is -2.40. The molecule has 1 aromatic rings. The Morgan fingerprint density at radius 3 is 2.24 bits per heavy atom. The fourth-order valence-corrected chi connectivity index (χ4v) is 4.58. The molecule has 0 bridgehead atoms. The molecule has 0 saturated carbocycles. The number of ether oxygens (including phenoxy) is 2. The van der Waals surface area contributed by atoms with Crippen molar-refractivity contribution in [2.24, 2.45) is 0 Å². The lowest BCUT2D eigenvalue weighted by atomic mass is 10.2. The number of nitrogens with zero attached hydrogens (tertiary/aromatic N) is 2. The average molecular weight is 543 g/mol. The van der Waals surface area contributed by atoms with Crippen molar-refractivity contribution in [1.29, 1.82) is 0 Å². The van der Waals surface area contributed by atoms with Crippen molar-refractivity contribution in [3.05, 3.63) is 35.9 Å². The van der Waals surface area contributed by atoms with Crippen LogP contribution in [0.15, 0.2) is 30.3 Å². The van der Waals surface area contributed by atoms with Crippen LogP contribution in [0, 0.1) is 0 Å². The van der Waals surface area contributed by atoms with E-state index in [0.29, 0.717) is 0 Å². The predicted octanol–water partition coefficient (Wildman–Crippen LogP) is 2.01. The molecule has 0 unspecified atom stereocenters. The van der Waals surface area contributed by atoms with Gasteiger partial charge in [0.05, 0.1) is 11.4 Å². The van der Waals surface area contributed by atoms with Crippen LogP contribution in [0.5, 0.6) is 0 Å². The van der Waals surface area contributed by atoms with E-state index in [1.807, 2.05) is 18.2 Å². The number of carbonyl (C=O) groups is 3. The van der Waals surface area contributed by atoms with Crippen LogP contribution >= 0.6 is 0 Å². The fourth-order valence-electron chi connectivity index (χ4n) is 3.23. The number of amides is 3. The van der Waals surface area contributed by atoms with Crippen LogP contribution in [0.3, 0.4) is 0 Å². The minimum absolute atomic E-state index is 0.0378. The molecule has 12 nitrogen and oxygen atoms in total. The number of benzene rings is 1. The highest BCUT2D eigenvalue weighted by atomic mass is 32.2. The van der Waals surface area contributed by atoms with Crippen LogP contribution in [0.1, 0.15) is 47.1 Å². The molecule has 0 spiro atoms.